The Kier molecular flexibility index (Phi) is 7.93. The van der Waals surface area contributed by atoms with E-state index >= 15 is 0 Å². The lowest BCUT2D eigenvalue weighted by atomic mass is 9.83. The van der Waals surface area contributed by atoms with Crippen molar-refractivity contribution < 1.29 is 32.6 Å². The van der Waals surface area contributed by atoms with Gasteiger partial charge in [-0.2, -0.15) is 13.2 Å². The fourth-order valence-electron chi connectivity index (χ4n) is 5.96. The van der Waals surface area contributed by atoms with Crippen LogP contribution in [0.1, 0.15) is 59.6 Å². The highest BCUT2D eigenvalue weighted by atomic mass is 19.4. The molecule has 3 aliphatic rings. The molecule has 1 saturated carbocycles. The number of carbonyl (C=O) groups is 2. The topological polar surface area (TPSA) is 86.2 Å². The molecular formula is C30H37F3N4O4. The van der Waals surface area contributed by atoms with Crippen molar-refractivity contribution in [3.63, 3.8) is 0 Å². The normalized spacial score (nSPS) is 19.9. The Morgan fingerprint density at radius 3 is 2.32 bits per heavy atom. The number of ether oxygens (including phenoxy) is 1. The van der Waals surface area contributed by atoms with Crippen LogP contribution in [0.4, 0.5) is 19.0 Å². The summed E-state index contributed by atoms with van der Waals surface area (Å²) in [7, 11) is 4.79. The summed E-state index contributed by atoms with van der Waals surface area (Å²) in [6.45, 7) is 1.99. The summed E-state index contributed by atoms with van der Waals surface area (Å²) in [6.07, 6.45) is -1.00. The van der Waals surface area contributed by atoms with Crippen molar-refractivity contribution in [1.82, 2.24) is 14.8 Å². The van der Waals surface area contributed by atoms with E-state index in [-0.39, 0.29) is 30.7 Å². The SMILES string of the molecule is COc1cccc([C@@](O)(C(=O)N2CCC(CC3CN(c4ccc(C(=O)N(C)C)c(C5CC5)n4)C3)CC2)C(F)(F)F)c1. The maximum absolute atomic E-state index is 14.1. The van der Waals surface area contributed by atoms with E-state index in [0.29, 0.717) is 30.2 Å². The van der Waals surface area contributed by atoms with Gasteiger partial charge in [-0.25, -0.2) is 4.98 Å². The Balaban J connectivity index is 1.16. The number of amides is 2. The van der Waals surface area contributed by atoms with Crippen LogP contribution in [0.25, 0.3) is 0 Å². The van der Waals surface area contributed by atoms with Crippen LogP contribution in [0.2, 0.25) is 0 Å². The maximum atomic E-state index is 14.1. The first-order valence-corrected chi connectivity index (χ1v) is 14.1. The van der Waals surface area contributed by atoms with Gasteiger partial charge in [-0.05, 0) is 68.2 Å². The molecule has 222 valence electrons. The quantitative estimate of drug-likeness (QED) is 0.509. The van der Waals surface area contributed by atoms with E-state index in [1.54, 1.807) is 19.0 Å². The molecule has 1 aromatic heterocycles. The van der Waals surface area contributed by atoms with Crippen molar-refractivity contribution in [3.05, 3.63) is 53.2 Å². The third-order valence-corrected chi connectivity index (χ3v) is 8.57. The van der Waals surface area contributed by atoms with Crippen LogP contribution in [0.5, 0.6) is 5.75 Å². The van der Waals surface area contributed by atoms with E-state index in [1.807, 2.05) is 12.1 Å². The van der Waals surface area contributed by atoms with Gasteiger partial charge in [0, 0.05) is 51.8 Å². The Morgan fingerprint density at radius 2 is 1.73 bits per heavy atom. The summed E-state index contributed by atoms with van der Waals surface area (Å²) in [5, 5.41) is 10.8. The van der Waals surface area contributed by atoms with E-state index in [4.69, 9.17) is 9.72 Å². The summed E-state index contributed by atoms with van der Waals surface area (Å²) in [6, 6.07) is 8.72. The first-order valence-electron chi connectivity index (χ1n) is 14.1. The van der Waals surface area contributed by atoms with Crippen LogP contribution in [0.3, 0.4) is 0 Å². The average Bonchev–Trinajstić information content (AvgIpc) is 3.78. The number of carbonyl (C=O) groups excluding carboxylic acids is 2. The average molecular weight is 575 g/mol. The van der Waals surface area contributed by atoms with E-state index in [9.17, 15) is 27.9 Å². The minimum atomic E-state index is -5.19. The summed E-state index contributed by atoms with van der Waals surface area (Å²) >= 11 is 0. The second-order valence-corrected chi connectivity index (χ2v) is 11.8. The van der Waals surface area contributed by atoms with Crippen molar-refractivity contribution in [2.75, 3.05) is 52.3 Å². The van der Waals surface area contributed by atoms with Gasteiger partial charge in [-0.1, -0.05) is 12.1 Å². The number of rotatable bonds is 8. The fraction of sp³-hybridized carbons (Fsp3) is 0.567. The molecule has 41 heavy (non-hydrogen) atoms. The Bertz CT molecular complexity index is 1280. The standard InChI is InChI=1S/C30H37F3N4O4/c1-35(2)27(38)24-9-10-25(34-26(24)21-7-8-21)37-17-20(18-37)15-19-11-13-36(14-12-19)28(39)29(40,30(31,32)33)22-5-4-6-23(16-22)41-3/h4-6,9-10,16,19-21,40H,7-8,11-15,17-18H2,1-3H3/t29-/m1/s1. The van der Waals surface area contributed by atoms with Crippen molar-refractivity contribution in [2.24, 2.45) is 11.8 Å². The molecule has 2 amide bonds. The zero-order valence-corrected chi connectivity index (χ0v) is 23.7. The molecule has 1 N–H and O–H groups in total. The van der Waals surface area contributed by atoms with Gasteiger partial charge >= 0.3 is 6.18 Å². The minimum Gasteiger partial charge on any atom is -0.497 e. The number of pyridine rings is 1. The highest BCUT2D eigenvalue weighted by Crippen LogP contribution is 2.44. The predicted octanol–water partition coefficient (Wildman–Crippen LogP) is 4.18. The Morgan fingerprint density at radius 1 is 1.05 bits per heavy atom. The van der Waals surface area contributed by atoms with Gasteiger partial charge in [-0.15, -0.1) is 0 Å². The fourth-order valence-corrected chi connectivity index (χ4v) is 5.96. The molecule has 0 unspecified atom stereocenters. The number of nitrogens with zero attached hydrogens (tertiary/aromatic N) is 4. The lowest BCUT2D eigenvalue weighted by Crippen LogP contribution is -2.57. The minimum absolute atomic E-state index is 0.0329. The molecule has 0 bridgehead atoms. The van der Waals surface area contributed by atoms with Crippen LogP contribution in [-0.2, 0) is 10.4 Å². The van der Waals surface area contributed by atoms with Crippen LogP contribution >= 0.6 is 0 Å². The molecule has 3 heterocycles. The van der Waals surface area contributed by atoms with Crippen LogP contribution in [0.15, 0.2) is 36.4 Å². The van der Waals surface area contributed by atoms with Gasteiger partial charge in [0.25, 0.3) is 17.4 Å². The number of alkyl halides is 3. The number of halogens is 3. The first-order chi connectivity index (χ1) is 19.4. The second kappa shape index (κ2) is 11.2. The Labute approximate surface area is 238 Å². The maximum Gasteiger partial charge on any atom is 0.430 e. The molecule has 8 nitrogen and oxygen atoms in total. The van der Waals surface area contributed by atoms with Gasteiger partial charge in [0.2, 0.25) is 0 Å². The lowest BCUT2D eigenvalue weighted by Gasteiger charge is -2.44. The van der Waals surface area contributed by atoms with Gasteiger partial charge in [-0.3, -0.25) is 9.59 Å². The highest BCUT2D eigenvalue weighted by Gasteiger charge is 2.62. The Hall–Kier alpha value is -3.34. The van der Waals surface area contributed by atoms with Crippen molar-refractivity contribution in [2.45, 2.75) is 49.8 Å². The third kappa shape index (κ3) is 5.73. The molecule has 1 aromatic carbocycles. The van der Waals surface area contributed by atoms with Crippen LogP contribution in [-0.4, -0.2) is 85.3 Å². The summed E-state index contributed by atoms with van der Waals surface area (Å²) in [5.74, 6) is 0.691. The van der Waals surface area contributed by atoms with E-state index in [2.05, 4.69) is 4.90 Å². The molecule has 2 aliphatic heterocycles. The van der Waals surface area contributed by atoms with Crippen molar-refractivity contribution in [3.8, 4) is 5.75 Å². The van der Waals surface area contributed by atoms with Gasteiger partial charge < -0.3 is 24.5 Å². The number of aliphatic hydroxyl groups is 1. The number of benzene rings is 1. The second-order valence-electron chi connectivity index (χ2n) is 11.8. The van der Waals surface area contributed by atoms with E-state index < -0.39 is 23.2 Å². The molecular weight excluding hydrogens is 537 g/mol. The highest BCUT2D eigenvalue weighted by molar-refractivity contribution is 5.95. The third-order valence-electron chi connectivity index (χ3n) is 8.57. The van der Waals surface area contributed by atoms with Gasteiger partial charge in [0.15, 0.2) is 0 Å². The molecule has 2 saturated heterocycles. The van der Waals surface area contributed by atoms with E-state index in [1.165, 1.54) is 19.2 Å². The summed E-state index contributed by atoms with van der Waals surface area (Å²) in [5.41, 5.74) is -2.64. The van der Waals surface area contributed by atoms with Crippen LogP contribution < -0.4 is 9.64 Å². The van der Waals surface area contributed by atoms with Crippen LogP contribution in [0, 0.1) is 11.8 Å². The molecule has 3 fully saturated rings. The van der Waals surface area contributed by atoms with E-state index in [0.717, 1.165) is 60.9 Å². The molecule has 0 spiro atoms. The van der Waals surface area contributed by atoms with Crippen molar-refractivity contribution in [1.29, 1.82) is 0 Å². The number of methoxy groups -OCH3 is 1. The van der Waals surface area contributed by atoms with Gasteiger partial charge in [0.1, 0.15) is 11.6 Å². The molecule has 1 atom stereocenters. The van der Waals surface area contributed by atoms with Crippen molar-refractivity contribution >= 4 is 17.6 Å². The lowest BCUT2D eigenvalue weighted by molar-refractivity contribution is -0.262. The molecule has 2 aromatic rings. The number of aromatic nitrogens is 1. The number of hydrogen-bond acceptors (Lipinski definition) is 6. The number of anilines is 1. The molecule has 0 radical (unpaired) electrons. The van der Waals surface area contributed by atoms with Gasteiger partial charge in [0.05, 0.1) is 18.4 Å². The molecule has 1 aliphatic carbocycles. The first kappa shape index (κ1) is 29.2. The monoisotopic (exact) mass is 574 g/mol. The number of likely N-dealkylation sites (tertiary alicyclic amines) is 1. The number of piperidine rings is 1. The zero-order valence-electron chi connectivity index (χ0n) is 23.7. The molecule has 11 heteroatoms. The number of hydrogen-bond donors (Lipinski definition) is 1. The summed E-state index contributed by atoms with van der Waals surface area (Å²) < 4.78 is 47.3. The predicted molar refractivity (Wildman–Crippen MR) is 147 cm³/mol. The largest absolute Gasteiger partial charge is 0.497 e. The summed E-state index contributed by atoms with van der Waals surface area (Å²) in [4.78, 5) is 35.5. The zero-order chi connectivity index (χ0) is 29.5. The molecule has 5 rings (SSSR count). The smallest absolute Gasteiger partial charge is 0.430 e.